The molecule has 0 saturated carbocycles. The highest BCUT2D eigenvalue weighted by Crippen LogP contribution is 2.28. The van der Waals surface area contributed by atoms with Crippen LogP contribution in [0.25, 0.3) is 0 Å². The maximum absolute atomic E-state index is 10.7. The van der Waals surface area contributed by atoms with Crippen molar-refractivity contribution in [3.8, 4) is 0 Å². The Morgan fingerprint density at radius 3 is 2.61 bits per heavy atom. The number of carboxylic acid groups (broad SMARTS) is 1. The van der Waals surface area contributed by atoms with Crippen LogP contribution in [-0.2, 0) is 11.2 Å². The van der Waals surface area contributed by atoms with Crippen molar-refractivity contribution < 1.29 is 9.90 Å². The topological polar surface area (TPSA) is 49.3 Å². The van der Waals surface area contributed by atoms with Crippen molar-refractivity contribution in [1.82, 2.24) is 5.32 Å². The molecule has 2 N–H and O–H groups in total. The number of aryl methyl sites for hydroxylation is 1. The first kappa shape index (κ1) is 15.0. The minimum Gasteiger partial charge on any atom is -0.481 e. The van der Waals surface area contributed by atoms with Crippen molar-refractivity contribution in [3.63, 3.8) is 0 Å². The van der Waals surface area contributed by atoms with Crippen molar-refractivity contribution in [1.29, 1.82) is 0 Å². The molecule has 18 heavy (non-hydrogen) atoms. The van der Waals surface area contributed by atoms with Crippen LogP contribution in [0, 0.1) is 0 Å². The van der Waals surface area contributed by atoms with Crippen LogP contribution in [0.15, 0.2) is 24.3 Å². The lowest BCUT2D eigenvalue weighted by molar-refractivity contribution is -0.136. The summed E-state index contributed by atoms with van der Waals surface area (Å²) >= 11 is 0. The molecule has 0 aromatic heterocycles. The Balaban J connectivity index is 0.00000162. The normalized spacial score (nSPS) is 16.0. The minimum atomic E-state index is -0.717. The number of aliphatic carboxylic acids is 1. The van der Waals surface area contributed by atoms with E-state index in [-0.39, 0.29) is 18.8 Å². The fraction of sp³-hybridized carbons (Fsp3) is 0.500. The van der Waals surface area contributed by atoms with Crippen LogP contribution in [0.1, 0.15) is 36.3 Å². The summed E-state index contributed by atoms with van der Waals surface area (Å²) in [6, 6.07) is 8.29. The average Bonchev–Trinajstić information content (AvgIpc) is 2.38. The van der Waals surface area contributed by atoms with Crippen molar-refractivity contribution in [2.45, 2.75) is 31.6 Å². The summed E-state index contributed by atoms with van der Waals surface area (Å²) in [6.07, 6.45) is 3.19. The number of piperidine rings is 1. The Kier molecular flexibility index (Phi) is 6.16. The molecule has 1 aromatic rings. The summed E-state index contributed by atoms with van der Waals surface area (Å²) < 4.78 is 0. The highest BCUT2D eigenvalue weighted by molar-refractivity contribution is 5.85. The number of rotatable bonds is 4. The quantitative estimate of drug-likeness (QED) is 0.883. The number of hydrogen-bond acceptors (Lipinski definition) is 2. The molecule has 2 rings (SSSR count). The van der Waals surface area contributed by atoms with E-state index in [4.69, 9.17) is 5.11 Å². The van der Waals surface area contributed by atoms with Crippen LogP contribution in [0.5, 0.6) is 0 Å². The fourth-order valence-corrected chi connectivity index (χ4v) is 2.53. The van der Waals surface area contributed by atoms with Gasteiger partial charge in [0.25, 0.3) is 0 Å². The van der Waals surface area contributed by atoms with Crippen molar-refractivity contribution in [2.75, 3.05) is 13.1 Å². The molecular formula is C14H20ClNO2. The Labute approximate surface area is 114 Å². The Bertz CT molecular complexity index is 389. The van der Waals surface area contributed by atoms with Gasteiger partial charge in [-0.15, -0.1) is 12.4 Å². The smallest absolute Gasteiger partial charge is 0.303 e. The Hall–Kier alpha value is -1.06. The van der Waals surface area contributed by atoms with Gasteiger partial charge < -0.3 is 10.4 Å². The standard InChI is InChI=1S/C14H19NO2.ClH/c16-14(17)6-5-11-3-1-2-4-13(11)12-7-9-15-10-8-12;/h1-4,12,15H,5-10H2,(H,16,17);1H. The zero-order chi connectivity index (χ0) is 12.1. The van der Waals surface area contributed by atoms with Crippen LogP contribution < -0.4 is 5.32 Å². The summed E-state index contributed by atoms with van der Waals surface area (Å²) in [5.74, 6) is -0.119. The number of halogens is 1. The molecule has 0 spiro atoms. The van der Waals surface area contributed by atoms with Crippen LogP contribution in [0.3, 0.4) is 0 Å². The molecule has 0 radical (unpaired) electrons. The molecule has 0 aliphatic carbocycles. The van der Waals surface area contributed by atoms with Gasteiger partial charge in [0.1, 0.15) is 0 Å². The number of carboxylic acids is 1. The highest BCUT2D eigenvalue weighted by Gasteiger charge is 2.17. The predicted octanol–water partition coefficient (Wildman–Crippen LogP) is 2.59. The molecule has 0 unspecified atom stereocenters. The third-order valence-electron chi connectivity index (χ3n) is 3.44. The van der Waals surface area contributed by atoms with E-state index in [1.54, 1.807) is 0 Å². The molecule has 0 bridgehead atoms. The van der Waals surface area contributed by atoms with Gasteiger partial charge in [-0.25, -0.2) is 0 Å². The molecule has 1 aliphatic heterocycles. The molecule has 1 heterocycles. The molecule has 100 valence electrons. The first-order chi connectivity index (χ1) is 8.27. The molecule has 1 fully saturated rings. The van der Waals surface area contributed by atoms with Gasteiger partial charge >= 0.3 is 5.97 Å². The monoisotopic (exact) mass is 269 g/mol. The predicted molar refractivity (Wildman–Crippen MR) is 74.5 cm³/mol. The van der Waals surface area contributed by atoms with E-state index in [0.717, 1.165) is 25.9 Å². The van der Waals surface area contributed by atoms with Crippen LogP contribution in [-0.4, -0.2) is 24.2 Å². The van der Waals surface area contributed by atoms with E-state index < -0.39 is 5.97 Å². The lowest BCUT2D eigenvalue weighted by atomic mass is 9.86. The van der Waals surface area contributed by atoms with Gasteiger partial charge in [-0.3, -0.25) is 4.79 Å². The fourth-order valence-electron chi connectivity index (χ4n) is 2.53. The third-order valence-corrected chi connectivity index (χ3v) is 3.44. The van der Waals surface area contributed by atoms with E-state index in [2.05, 4.69) is 23.5 Å². The maximum Gasteiger partial charge on any atom is 0.303 e. The van der Waals surface area contributed by atoms with Crippen molar-refractivity contribution in [2.24, 2.45) is 0 Å². The second kappa shape index (κ2) is 7.39. The summed E-state index contributed by atoms with van der Waals surface area (Å²) in [6.45, 7) is 2.13. The van der Waals surface area contributed by atoms with Gasteiger partial charge in [-0.1, -0.05) is 24.3 Å². The first-order valence-corrected chi connectivity index (χ1v) is 6.27. The van der Waals surface area contributed by atoms with Crippen LogP contribution in [0.2, 0.25) is 0 Å². The SMILES string of the molecule is Cl.O=C(O)CCc1ccccc1C1CCNCC1. The largest absolute Gasteiger partial charge is 0.481 e. The second-order valence-corrected chi connectivity index (χ2v) is 4.62. The van der Waals surface area contributed by atoms with Crippen LogP contribution >= 0.6 is 12.4 Å². The molecule has 0 amide bonds. The molecule has 4 heteroatoms. The second-order valence-electron chi connectivity index (χ2n) is 4.62. The van der Waals surface area contributed by atoms with E-state index in [9.17, 15) is 4.79 Å². The Morgan fingerprint density at radius 1 is 1.28 bits per heavy atom. The van der Waals surface area contributed by atoms with E-state index in [0.29, 0.717) is 12.3 Å². The summed E-state index contributed by atoms with van der Waals surface area (Å²) in [7, 11) is 0. The molecule has 1 aliphatic rings. The average molecular weight is 270 g/mol. The summed E-state index contributed by atoms with van der Waals surface area (Å²) in [5, 5.41) is 12.1. The van der Waals surface area contributed by atoms with Crippen molar-refractivity contribution >= 4 is 18.4 Å². The third kappa shape index (κ3) is 4.00. The van der Waals surface area contributed by atoms with Gasteiger partial charge in [-0.2, -0.15) is 0 Å². The lowest BCUT2D eigenvalue weighted by Gasteiger charge is -2.25. The molecule has 1 aromatic carbocycles. The first-order valence-electron chi connectivity index (χ1n) is 6.27. The van der Waals surface area contributed by atoms with Gasteiger partial charge in [0.15, 0.2) is 0 Å². The molecular weight excluding hydrogens is 250 g/mol. The van der Waals surface area contributed by atoms with E-state index >= 15 is 0 Å². The summed E-state index contributed by atoms with van der Waals surface area (Å²) in [4.78, 5) is 10.7. The van der Waals surface area contributed by atoms with Gasteiger partial charge in [-0.05, 0) is 49.4 Å². The van der Waals surface area contributed by atoms with Crippen LogP contribution in [0.4, 0.5) is 0 Å². The molecule has 1 saturated heterocycles. The molecule has 3 nitrogen and oxygen atoms in total. The zero-order valence-electron chi connectivity index (χ0n) is 10.4. The highest BCUT2D eigenvalue weighted by atomic mass is 35.5. The maximum atomic E-state index is 10.7. The number of carbonyl (C=O) groups is 1. The van der Waals surface area contributed by atoms with E-state index in [1.165, 1.54) is 11.1 Å². The minimum absolute atomic E-state index is 0. The number of benzene rings is 1. The van der Waals surface area contributed by atoms with Gasteiger partial charge in [0.05, 0.1) is 0 Å². The van der Waals surface area contributed by atoms with Crippen molar-refractivity contribution in [3.05, 3.63) is 35.4 Å². The van der Waals surface area contributed by atoms with Gasteiger partial charge in [0, 0.05) is 6.42 Å². The lowest BCUT2D eigenvalue weighted by Crippen LogP contribution is -2.27. The Morgan fingerprint density at radius 2 is 1.94 bits per heavy atom. The van der Waals surface area contributed by atoms with E-state index in [1.807, 2.05) is 6.07 Å². The molecule has 0 atom stereocenters. The van der Waals surface area contributed by atoms with Gasteiger partial charge in [0.2, 0.25) is 0 Å². The summed E-state index contributed by atoms with van der Waals surface area (Å²) in [5.41, 5.74) is 2.57. The number of hydrogen-bond donors (Lipinski definition) is 2. The number of nitrogens with one attached hydrogen (secondary N) is 1. The zero-order valence-corrected chi connectivity index (χ0v) is 11.2.